The molecular formula is C17H17FN2O. The zero-order valence-electron chi connectivity index (χ0n) is 11.6. The van der Waals surface area contributed by atoms with E-state index in [1.165, 1.54) is 17.7 Å². The van der Waals surface area contributed by atoms with Gasteiger partial charge in [0.15, 0.2) is 0 Å². The Bertz CT molecular complexity index is 671. The van der Waals surface area contributed by atoms with Gasteiger partial charge < -0.3 is 10.6 Å². The van der Waals surface area contributed by atoms with Crippen molar-refractivity contribution in [1.29, 1.82) is 0 Å². The fraction of sp³-hybridized carbons (Fsp3) is 0.235. The Morgan fingerprint density at radius 1 is 1.19 bits per heavy atom. The summed E-state index contributed by atoms with van der Waals surface area (Å²) in [6.45, 7) is 0.892. The monoisotopic (exact) mass is 284 g/mol. The number of carbonyl (C=O) groups excluding carboxylic acids is 1. The maximum atomic E-state index is 13.8. The molecule has 1 heterocycles. The third-order valence-electron chi connectivity index (χ3n) is 4.00. The van der Waals surface area contributed by atoms with E-state index in [4.69, 9.17) is 5.73 Å². The van der Waals surface area contributed by atoms with E-state index in [9.17, 15) is 9.18 Å². The average molecular weight is 284 g/mol. The van der Waals surface area contributed by atoms with Crippen molar-refractivity contribution in [3.8, 4) is 0 Å². The number of hydrogen-bond donors (Lipinski definition) is 1. The minimum Gasteiger partial charge on any atom is -0.330 e. The summed E-state index contributed by atoms with van der Waals surface area (Å²) in [4.78, 5) is 14.3. The molecule has 1 amide bonds. The Morgan fingerprint density at radius 2 is 1.90 bits per heavy atom. The van der Waals surface area contributed by atoms with E-state index in [2.05, 4.69) is 6.07 Å². The lowest BCUT2D eigenvalue weighted by atomic mass is 9.92. The molecule has 0 radical (unpaired) electrons. The summed E-state index contributed by atoms with van der Waals surface area (Å²) in [5.74, 6) is -0.782. The van der Waals surface area contributed by atoms with Crippen LogP contribution in [0.2, 0.25) is 0 Å². The second-order valence-corrected chi connectivity index (χ2v) is 5.18. The van der Waals surface area contributed by atoms with E-state index >= 15 is 0 Å². The van der Waals surface area contributed by atoms with Crippen molar-refractivity contribution in [2.45, 2.75) is 12.5 Å². The second-order valence-electron chi connectivity index (χ2n) is 5.18. The van der Waals surface area contributed by atoms with Crippen LogP contribution in [0.3, 0.4) is 0 Å². The lowest BCUT2D eigenvalue weighted by Crippen LogP contribution is -2.43. The van der Waals surface area contributed by atoms with E-state index in [0.29, 0.717) is 13.1 Å². The summed E-state index contributed by atoms with van der Waals surface area (Å²) < 4.78 is 13.8. The number of rotatable bonds is 2. The van der Waals surface area contributed by atoms with E-state index in [1.54, 1.807) is 17.0 Å². The average Bonchev–Trinajstić information content (AvgIpc) is 2.53. The van der Waals surface area contributed by atoms with E-state index in [0.717, 1.165) is 12.0 Å². The molecular weight excluding hydrogens is 267 g/mol. The number of hydrogen-bond acceptors (Lipinski definition) is 2. The molecule has 2 N–H and O–H groups in total. The molecule has 4 heteroatoms. The first-order chi connectivity index (χ1) is 10.2. The van der Waals surface area contributed by atoms with Gasteiger partial charge in [-0.3, -0.25) is 4.79 Å². The molecule has 1 aliphatic heterocycles. The first kappa shape index (κ1) is 13.8. The van der Waals surface area contributed by atoms with E-state index < -0.39 is 5.82 Å². The zero-order chi connectivity index (χ0) is 14.8. The number of halogens is 1. The summed E-state index contributed by atoms with van der Waals surface area (Å²) in [5, 5.41) is 0. The van der Waals surface area contributed by atoms with Crippen molar-refractivity contribution in [3.63, 3.8) is 0 Å². The van der Waals surface area contributed by atoms with Crippen LogP contribution < -0.4 is 5.73 Å². The summed E-state index contributed by atoms with van der Waals surface area (Å²) >= 11 is 0. The van der Waals surface area contributed by atoms with Gasteiger partial charge in [0.1, 0.15) is 5.82 Å². The van der Waals surface area contributed by atoms with Gasteiger partial charge in [0, 0.05) is 13.1 Å². The highest BCUT2D eigenvalue weighted by Crippen LogP contribution is 2.30. The molecule has 21 heavy (non-hydrogen) atoms. The Labute approximate surface area is 123 Å². The molecule has 0 bridgehead atoms. The third-order valence-corrected chi connectivity index (χ3v) is 4.00. The Balaban J connectivity index is 1.96. The molecule has 2 aromatic carbocycles. The Hall–Kier alpha value is -2.20. The number of nitrogens with two attached hydrogens (primary N) is 1. The minimum atomic E-state index is -0.489. The van der Waals surface area contributed by atoms with E-state index in [-0.39, 0.29) is 17.5 Å². The van der Waals surface area contributed by atoms with Gasteiger partial charge in [0.05, 0.1) is 11.6 Å². The van der Waals surface area contributed by atoms with Crippen LogP contribution in [0.5, 0.6) is 0 Å². The smallest absolute Gasteiger partial charge is 0.257 e. The number of fused-ring (bicyclic) bond motifs is 1. The molecule has 1 atom stereocenters. The molecule has 0 fully saturated rings. The van der Waals surface area contributed by atoms with E-state index in [1.807, 2.05) is 18.2 Å². The largest absolute Gasteiger partial charge is 0.330 e. The standard InChI is InChI=1S/C17H17FN2O/c18-15-8-4-3-7-14(15)17(21)20-10-9-12-5-1-2-6-13(12)16(20)11-19/h1-8,16H,9-11,19H2. The van der Waals surface area contributed by atoms with Crippen LogP contribution in [0.1, 0.15) is 27.5 Å². The van der Waals surface area contributed by atoms with Gasteiger partial charge in [-0.25, -0.2) is 4.39 Å². The predicted octanol–water partition coefficient (Wildman–Crippen LogP) is 2.52. The lowest BCUT2D eigenvalue weighted by molar-refractivity contribution is 0.0663. The van der Waals surface area contributed by atoms with Gasteiger partial charge in [-0.2, -0.15) is 0 Å². The van der Waals surface area contributed by atoms with Gasteiger partial charge in [-0.15, -0.1) is 0 Å². The number of carbonyl (C=O) groups is 1. The molecule has 2 aromatic rings. The maximum Gasteiger partial charge on any atom is 0.257 e. The topological polar surface area (TPSA) is 46.3 Å². The summed E-state index contributed by atoms with van der Waals surface area (Å²) in [6.07, 6.45) is 0.771. The highest BCUT2D eigenvalue weighted by Gasteiger charge is 2.31. The molecule has 0 spiro atoms. The quantitative estimate of drug-likeness (QED) is 0.921. The van der Waals surface area contributed by atoms with Crippen molar-refractivity contribution >= 4 is 5.91 Å². The summed E-state index contributed by atoms with van der Waals surface area (Å²) in [6, 6.07) is 13.9. The SMILES string of the molecule is NCC1c2ccccc2CCN1C(=O)c1ccccc1F. The van der Waals surface area contributed by atoms with Gasteiger partial charge in [-0.05, 0) is 29.7 Å². The molecule has 0 saturated carbocycles. The van der Waals surface area contributed by atoms with Crippen molar-refractivity contribution in [2.75, 3.05) is 13.1 Å². The van der Waals surface area contributed by atoms with Crippen LogP contribution in [-0.4, -0.2) is 23.9 Å². The van der Waals surface area contributed by atoms with Gasteiger partial charge >= 0.3 is 0 Å². The Morgan fingerprint density at radius 3 is 2.67 bits per heavy atom. The van der Waals surface area contributed by atoms with Crippen LogP contribution in [0, 0.1) is 5.82 Å². The van der Waals surface area contributed by atoms with Crippen LogP contribution >= 0.6 is 0 Å². The first-order valence-electron chi connectivity index (χ1n) is 7.05. The normalized spacial score (nSPS) is 17.4. The van der Waals surface area contributed by atoms with Crippen molar-refractivity contribution in [2.24, 2.45) is 5.73 Å². The zero-order valence-corrected chi connectivity index (χ0v) is 11.6. The molecule has 0 aromatic heterocycles. The first-order valence-corrected chi connectivity index (χ1v) is 7.05. The number of nitrogens with zero attached hydrogens (tertiary/aromatic N) is 1. The van der Waals surface area contributed by atoms with Gasteiger partial charge in [-0.1, -0.05) is 36.4 Å². The summed E-state index contributed by atoms with van der Waals surface area (Å²) in [7, 11) is 0. The minimum absolute atomic E-state index is 0.107. The molecule has 1 unspecified atom stereocenters. The summed E-state index contributed by atoms with van der Waals surface area (Å²) in [5.41, 5.74) is 8.26. The molecule has 3 nitrogen and oxygen atoms in total. The maximum absolute atomic E-state index is 13.8. The number of benzene rings is 2. The fourth-order valence-electron chi connectivity index (χ4n) is 2.94. The molecule has 1 aliphatic rings. The Kier molecular flexibility index (Phi) is 3.71. The predicted molar refractivity (Wildman–Crippen MR) is 79.4 cm³/mol. The fourth-order valence-corrected chi connectivity index (χ4v) is 2.94. The van der Waals surface area contributed by atoms with Crippen molar-refractivity contribution in [3.05, 3.63) is 71.0 Å². The van der Waals surface area contributed by atoms with Crippen molar-refractivity contribution in [1.82, 2.24) is 4.90 Å². The van der Waals surface area contributed by atoms with Gasteiger partial charge in [0.2, 0.25) is 0 Å². The second kappa shape index (κ2) is 5.66. The van der Waals surface area contributed by atoms with Crippen LogP contribution in [0.4, 0.5) is 4.39 Å². The highest BCUT2D eigenvalue weighted by atomic mass is 19.1. The lowest BCUT2D eigenvalue weighted by Gasteiger charge is -2.36. The van der Waals surface area contributed by atoms with Crippen LogP contribution in [-0.2, 0) is 6.42 Å². The van der Waals surface area contributed by atoms with Crippen molar-refractivity contribution < 1.29 is 9.18 Å². The molecule has 3 rings (SSSR count). The van der Waals surface area contributed by atoms with Gasteiger partial charge in [0.25, 0.3) is 5.91 Å². The third kappa shape index (κ3) is 2.43. The van der Waals surface area contributed by atoms with Crippen LogP contribution in [0.25, 0.3) is 0 Å². The molecule has 0 aliphatic carbocycles. The molecule has 0 saturated heterocycles. The number of amides is 1. The van der Waals surface area contributed by atoms with Crippen LogP contribution in [0.15, 0.2) is 48.5 Å². The highest BCUT2D eigenvalue weighted by molar-refractivity contribution is 5.95. The molecule has 108 valence electrons.